The number of allylic oxidation sites excluding steroid dienone is 1. The minimum Gasteiger partial charge on any atom is -0.468 e. The van der Waals surface area contributed by atoms with Crippen LogP contribution < -0.4 is 9.47 Å². The zero-order valence-corrected chi connectivity index (χ0v) is 36.0. The van der Waals surface area contributed by atoms with Gasteiger partial charge in [0.1, 0.15) is 79.0 Å². The maximum absolute atomic E-state index is 13.7. The van der Waals surface area contributed by atoms with Crippen molar-refractivity contribution in [2.45, 2.75) is 125 Å². The lowest BCUT2D eigenvalue weighted by molar-refractivity contribution is -0.369. The normalized spacial score (nSPS) is 38.2. The molecule has 0 aromatic heterocycles. The van der Waals surface area contributed by atoms with Crippen LogP contribution in [0.1, 0.15) is 24.5 Å². The van der Waals surface area contributed by atoms with Crippen LogP contribution in [0.3, 0.4) is 0 Å². The zero-order chi connectivity index (χ0) is 48.1. The van der Waals surface area contributed by atoms with Crippen LogP contribution in [0.5, 0.6) is 17.2 Å². The Kier molecular flexibility index (Phi) is 16.9. The molecule has 11 N–H and O–H groups in total. The first kappa shape index (κ1) is 50.5. The van der Waals surface area contributed by atoms with Gasteiger partial charge in [0.15, 0.2) is 24.1 Å². The largest absolute Gasteiger partial charge is 0.468 e. The summed E-state index contributed by atoms with van der Waals surface area (Å²) in [7, 11) is 0. The van der Waals surface area contributed by atoms with E-state index in [1.54, 1.807) is 43.3 Å². The molecule has 0 radical (unpaired) electrons. The third-order valence-electron chi connectivity index (χ3n) is 12.1. The lowest BCUT2D eigenvalue weighted by atomic mass is 9.86. The van der Waals surface area contributed by atoms with Crippen LogP contribution in [0, 0.1) is 5.92 Å². The highest BCUT2D eigenvalue weighted by atomic mass is 16.8. The average molecular weight is 953 g/mol. The predicted octanol–water partition coefficient (Wildman–Crippen LogP) is -3.32. The molecular formula is C44H56O23. The fraction of sp³-hybridized carbons (Fsp3) is 0.591. The van der Waals surface area contributed by atoms with E-state index in [2.05, 4.69) is 0 Å². The quantitative estimate of drug-likeness (QED) is 0.0865. The molecule has 370 valence electrons. The van der Waals surface area contributed by atoms with Crippen molar-refractivity contribution >= 4 is 11.9 Å². The number of benzene rings is 2. The molecule has 3 saturated heterocycles. The van der Waals surface area contributed by atoms with Crippen LogP contribution in [0.15, 0.2) is 65.9 Å². The molecule has 4 bridgehead atoms. The summed E-state index contributed by atoms with van der Waals surface area (Å²) in [5, 5.41) is 114. The molecule has 17 atom stereocenters. The molecular weight excluding hydrogens is 896 g/mol. The molecule has 0 saturated carbocycles. The number of esters is 2. The number of ether oxygens (including phenoxy) is 10. The van der Waals surface area contributed by atoms with E-state index in [9.17, 15) is 65.8 Å². The van der Waals surface area contributed by atoms with E-state index in [1.165, 1.54) is 12.1 Å². The first-order valence-corrected chi connectivity index (χ1v) is 21.6. The summed E-state index contributed by atoms with van der Waals surface area (Å²) in [6, 6.07) is 11.5. The second-order valence-corrected chi connectivity index (χ2v) is 16.4. The molecule has 67 heavy (non-hydrogen) atoms. The first-order chi connectivity index (χ1) is 32.1. The summed E-state index contributed by atoms with van der Waals surface area (Å²) in [6.07, 6.45) is -24.1. The number of fused-ring (bicyclic) bond motifs is 9. The third kappa shape index (κ3) is 11.2. The van der Waals surface area contributed by atoms with Gasteiger partial charge in [-0.25, -0.2) is 4.79 Å². The van der Waals surface area contributed by atoms with Gasteiger partial charge in [-0.1, -0.05) is 24.3 Å². The van der Waals surface area contributed by atoms with Gasteiger partial charge in [0, 0.05) is 24.3 Å². The molecule has 2 aromatic rings. The van der Waals surface area contributed by atoms with Gasteiger partial charge in [0.2, 0.25) is 12.6 Å². The summed E-state index contributed by atoms with van der Waals surface area (Å²) >= 11 is 0. The van der Waals surface area contributed by atoms with Gasteiger partial charge in [-0.3, -0.25) is 4.79 Å². The fourth-order valence-electron chi connectivity index (χ4n) is 8.17. The molecule has 23 heteroatoms. The number of hydrogen-bond acceptors (Lipinski definition) is 23. The van der Waals surface area contributed by atoms with Crippen LogP contribution in [0.2, 0.25) is 0 Å². The Morgan fingerprint density at radius 3 is 1.85 bits per heavy atom. The highest BCUT2D eigenvalue weighted by Gasteiger charge is 2.52. The number of carbonyl (C=O) groups excluding carboxylic acids is 2. The molecule has 1 unspecified atom stereocenters. The van der Waals surface area contributed by atoms with E-state index >= 15 is 0 Å². The fourth-order valence-corrected chi connectivity index (χ4v) is 8.17. The molecule has 0 amide bonds. The molecule has 23 nitrogen and oxygen atoms in total. The van der Waals surface area contributed by atoms with E-state index in [1.807, 2.05) is 0 Å². The highest BCUT2D eigenvalue weighted by molar-refractivity contribution is 5.91. The Morgan fingerprint density at radius 1 is 0.642 bits per heavy atom. The zero-order valence-electron chi connectivity index (χ0n) is 36.0. The van der Waals surface area contributed by atoms with Crippen LogP contribution in [-0.4, -0.2) is 200 Å². The monoisotopic (exact) mass is 952 g/mol. The SMILES string of the molecule is C/C=C1/[C@H](OC2O[C@@H](CO)[C@H](O)[C@H](O[C@@H]3O[C@H](CO)[C@@H](O)[C@H](O)[C@H]3O)[C@@H]2O)OC=C2C(=O)OCCc3ccc(cc3)Oc3cc(ccc3O[C@@H]3O[C@H](CO)[C@@H](O)[C@H](O)[C@H]3O)CCOC(=O)C[C@H]21. The van der Waals surface area contributed by atoms with Crippen LogP contribution in [-0.2, 0) is 60.3 Å². The summed E-state index contributed by atoms with van der Waals surface area (Å²) in [6.45, 7) is -0.985. The Hall–Kier alpha value is -4.38. The molecule has 6 heterocycles. The van der Waals surface area contributed by atoms with E-state index in [0.717, 1.165) is 11.8 Å². The van der Waals surface area contributed by atoms with Crippen LogP contribution >= 0.6 is 0 Å². The van der Waals surface area contributed by atoms with Crippen LogP contribution in [0.25, 0.3) is 0 Å². The number of aliphatic hydroxyl groups excluding tert-OH is 11. The van der Waals surface area contributed by atoms with Gasteiger partial charge in [0.05, 0.1) is 51.3 Å². The van der Waals surface area contributed by atoms with Crippen molar-refractivity contribution in [2.75, 3.05) is 33.0 Å². The Labute approximate surface area is 382 Å². The predicted molar refractivity (Wildman–Crippen MR) is 219 cm³/mol. The van der Waals surface area contributed by atoms with Gasteiger partial charge in [0.25, 0.3) is 0 Å². The molecule has 8 rings (SSSR count). The Bertz CT molecular complexity index is 2040. The summed E-state index contributed by atoms with van der Waals surface area (Å²) < 4.78 is 57.5. The third-order valence-corrected chi connectivity index (χ3v) is 12.1. The van der Waals surface area contributed by atoms with Crippen molar-refractivity contribution < 1.29 is 113 Å². The van der Waals surface area contributed by atoms with Crippen molar-refractivity contribution in [1.82, 2.24) is 0 Å². The average Bonchev–Trinajstić information content (AvgIpc) is 3.32. The van der Waals surface area contributed by atoms with Crippen molar-refractivity contribution in [3.8, 4) is 17.2 Å². The molecule has 0 aliphatic carbocycles. The van der Waals surface area contributed by atoms with E-state index in [0.29, 0.717) is 11.3 Å². The topological polar surface area (TPSA) is 349 Å². The maximum atomic E-state index is 13.7. The number of hydrogen-bond donors (Lipinski definition) is 11. The smallest absolute Gasteiger partial charge is 0.337 e. The number of rotatable bonds is 9. The van der Waals surface area contributed by atoms with Gasteiger partial charge >= 0.3 is 11.9 Å². The number of aliphatic hydroxyl groups is 11. The van der Waals surface area contributed by atoms with Gasteiger partial charge in [-0.2, -0.15) is 0 Å². The van der Waals surface area contributed by atoms with E-state index < -0.39 is 143 Å². The molecule has 6 aliphatic heterocycles. The molecule has 6 aliphatic rings. The minimum atomic E-state index is -1.92. The minimum absolute atomic E-state index is 0.0625. The summed E-state index contributed by atoms with van der Waals surface area (Å²) in [5.74, 6) is -2.13. The highest BCUT2D eigenvalue weighted by Crippen LogP contribution is 2.39. The summed E-state index contributed by atoms with van der Waals surface area (Å²) in [4.78, 5) is 27.3. The molecule has 3 fully saturated rings. The van der Waals surface area contributed by atoms with Crippen molar-refractivity contribution in [3.05, 3.63) is 77.1 Å². The molecule has 0 spiro atoms. The standard InChI is InChI=1S/C44H56O23/c1-2-22-23-14-30(48)58-11-10-20-5-8-25(62-42-36(54)34(52)31(49)27(15-45)63-42)26(13-20)61-21-6-3-19(4-7-21)9-12-59-40(57)24(23)18-60-41(22)67-44-38(56)39(33(51)29(17-47)65-44)66-43-37(55)35(53)32(50)28(16-46)64-43/h2-8,13,18,23,27-29,31-39,41-47,49-56H,9-12,14-17H2,1H3/b22-2+/t23-,27+,28+,29-,31+,32+,33-,34-,35-,36+,37+,38-,39-,41-,42+,43-,44?/m0/s1. The second-order valence-electron chi connectivity index (χ2n) is 16.4. The van der Waals surface area contributed by atoms with Crippen molar-refractivity contribution in [1.29, 1.82) is 0 Å². The van der Waals surface area contributed by atoms with Crippen molar-refractivity contribution in [2.24, 2.45) is 5.92 Å². The van der Waals surface area contributed by atoms with E-state index in [-0.39, 0.29) is 48.7 Å². The summed E-state index contributed by atoms with van der Waals surface area (Å²) in [5.41, 5.74) is 1.44. The maximum Gasteiger partial charge on any atom is 0.337 e. The van der Waals surface area contributed by atoms with Gasteiger partial charge in [-0.05, 0) is 42.3 Å². The Morgan fingerprint density at radius 2 is 1.21 bits per heavy atom. The lowest BCUT2D eigenvalue weighted by Gasteiger charge is -2.46. The molecule has 2 aromatic carbocycles. The van der Waals surface area contributed by atoms with E-state index in [4.69, 9.17) is 47.4 Å². The van der Waals surface area contributed by atoms with Gasteiger partial charge < -0.3 is 104 Å². The van der Waals surface area contributed by atoms with Gasteiger partial charge in [-0.15, -0.1) is 0 Å². The van der Waals surface area contributed by atoms with Crippen LogP contribution in [0.4, 0.5) is 0 Å². The lowest BCUT2D eigenvalue weighted by Crippen LogP contribution is -2.65. The first-order valence-electron chi connectivity index (χ1n) is 21.6. The number of carbonyl (C=O) groups is 2. The Balaban J connectivity index is 1.09. The van der Waals surface area contributed by atoms with Crippen molar-refractivity contribution in [3.63, 3.8) is 0 Å². The second kappa shape index (κ2) is 22.4.